The molecule has 0 aliphatic rings. The summed E-state index contributed by atoms with van der Waals surface area (Å²) in [6.07, 6.45) is 0.775. The summed E-state index contributed by atoms with van der Waals surface area (Å²) in [6.45, 7) is 1.98. The van der Waals surface area contributed by atoms with Crippen LogP contribution >= 0.6 is 15.9 Å². The molecule has 2 N–H and O–H groups in total. The van der Waals surface area contributed by atoms with Crippen LogP contribution in [0.25, 0.3) is 0 Å². The van der Waals surface area contributed by atoms with Crippen LogP contribution in [0.2, 0.25) is 0 Å². The summed E-state index contributed by atoms with van der Waals surface area (Å²) in [5.74, 6) is -0.355. The van der Waals surface area contributed by atoms with Gasteiger partial charge >= 0.3 is 5.97 Å². The highest BCUT2D eigenvalue weighted by Crippen LogP contribution is 2.27. The molecule has 76 valence electrons. The van der Waals surface area contributed by atoms with E-state index in [0.717, 1.165) is 16.5 Å². The molecule has 1 aromatic carbocycles. The first-order chi connectivity index (χ1) is 6.61. The number of methoxy groups -OCH3 is 1. The lowest BCUT2D eigenvalue weighted by Gasteiger charge is -2.09. The van der Waals surface area contributed by atoms with E-state index in [-0.39, 0.29) is 5.97 Å². The molecule has 1 aromatic rings. The maximum Gasteiger partial charge on any atom is 0.339 e. The van der Waals surface area contributed by atoms with Crippen LogP contribution in [0.4, 0.5) is 5.69 Å². The van der Waals surface area contributed by atoms with E-state index in [1.54, 1.807) is 12.1 Å². The van der Waals surface area contributed by atoms with Crippen molar-refractivity contribution in [2.24, 2.45) is 0 Å². The van der Waals surface area contributed by atoms with Gasteiger partial charge in [-0.25, -0.2) is 4.79 Å². The second-order valence-corrected chi connectivity index (χ2v) is 3.63. The average Bonchev–Trinajstić information content (AvgIpc) is 2.18. The highest BCUT2D eigenvalue weighted by molar-refractivity contribution is 9.10. The monoisotopic (exact) mass is 257 g/mol. The van der Waals surface area contributed by atoms with Gasteiger partial charge < -0.3 is 10.5 Å². The van der Waals surface area contributed by atoms with Crippen LogP contribution in [-0.4, -0.2) is 13.1 Å². The number of benzene rings is 1. The Kier molecular flexibility index (Phi) is 3.52. The fourth-order valence-corrected chi connectivity index (χ4v) is 2.07. The fourth-order valence-electron chi connectivity index (χ4n) is 1.26. The molecule has 0 amide bonds. The summed E-state index contributed by atoms with van der Waals surface area (Å²) >= 11 is 3.35. The molecule has 0 fully saturated rings. The zero-order valence-electron chi connectivity index (χ0n) is 8.13. The van der Waals surface area contributed by atoms with Crippen molar-refractivity contribution in [3.8, 4) is 0 Å². The van der Waals surface area contributed by atoms with Crippen LogP contribution in [0, 0.1) is 0 Å². The number of anilines is 1. The molecule has 0 spiro atoms. The molecule has 14 heavy (non-hydrogen) atoms. The number of nitrogen functional groups attached to an aromatic ring is 1. The van der Waals surface area contributed by atoms with Crippen molar-refractivity contribution in [3.63, 3.8) is 0 Å². The molecule has 0 aliphatic heterocycles. The minimum Gasteiger partial charge on any atom is -0.465 e. The van der Waals surface area contributed by atoms with Gasteiger partial charge in [0.25, 0.3) is 0 Å². The molecule has 0 saturated heterocycles. The van der Waals surface area contributed by atoms with Crippen LogP contribution in [0.15, 0.2) is 16.6 Å². The molecule has 1 rings (SSSR count). The molecule has 0 aliphatic carbocycles. The fraction of sp³-hybridized carbons (Fsp3) is 0.300. The first kappa shape index (κ1) is 11.0. The van der Waals surface area contributed by atoms with Crippen LogP contribution in [0.3, 0.4) is 0 Å². The van der Waals surface area contributed by atoms with E-state index in [0.29, 0.717) is 11.3 Å². The van der Waals surface area contributed by atoms with Gasteiger partial charge in [0.2, 0.25) is 0 Å². The number of carbonyl (C=O) groups excluding carboxylic acids is 1. The van der Waals surface area contributed by atoms with Crippen molar-refractivity contribution in [1.29, 1.82) is 0 Å². The number of halogens is 1. The predicted octanol–water partition coefficient (Wildman–Crippen LogP) is 2.38. The summed E-state index contributed by atoms with van der Waals surface area (Å²) in [4.78, 5) is 11.3. The summed E-state index contributed by atoms with van der Waals surface area (Å²) in [5, 5.41) is 0. The Morgan fingerprint density at radius 3 is 2.71 bits per heavy atom. The third-order valence-corrected chi connectivity index (χ3v) is 2.94. The molecule has 0 saturated carbocycles. The standard InChI is InChI=1S/C10H12BrNO2/c1-3-6-8(12)5-4-7(9(6)11)10(13)14-2/h4-5H,3,12H2,1-2H3. The summed E-state index contributed by atoms with van der Waals surface area (Å²) in [7, 11) is 1.36. The molecule has 0 unspecified atom stereocenters. The lowest BCUT2D eigenvalue weighted by atomic mass is 10.1. The van der Waals surface area contributed by atoms with Gasteiger partial charge in [0.1, 0.15) is 0 Å². The Balaban J connectivity index is 3.28. The zero-order valence-corrected chi connectivity index (χ0v) is 9.72. The van der Waals surface area contributed by atoms with Gasteiger partial charge in [-0.3, -0.25) is 0 Å². The van der Waals surface area contributed by atoms with Crippen molar-refractivity contribution < 1.29 is 9.53 Å². The van der Waals surface area contributed by atoms with Crippen LogP contribution in [-0.2, 0) is 11.2 Å². The van der Waals surface area contributed by atoms with Crippen molar-refractivity contribution in [2.75, 3.05) is 12.8 Å². The Morgan fingerprint density at radius 1 is 1.57 bits per heavy atom. The van der Waals surface area contributed by atoms with E-state index in [9.17, 15) is 4.79 Å². The van der Waals surface area contributed by atoms with Crippen LogP contribution in [0.1, 0.15) is 22.8 Å². The summed E-state index contributed by atoms with van der Waals surface area (Å²) in [5.41, 5.74) is 7.90. The maximum absolute atomic E-state index is 11.3. The maximum atomic E-state index is 11.3. The van der Waals surface area contributed by atoms with Gasteiger partial charge in [-0.05, 0) is 40.0 Å². The van der Waals surface area contributed by atoms with Crippen molar-refractivity contribution in [1.82, 2.24) is 0 Å². The van der Waals surface area contributed by atoms with Gasteiger partial charge in [-0.2, -0.15) is 0 Å². The normalized spacial score (nSPS) is 9.93. The number of rotatable bonds is 2. The lowest BCUT2D eigenvalue weighted by Crippen LogP contribution is -2.05. The molecule has 0 bridgehead atoms. The van der Waals surface area contributed by atoms with Crippen LogP contribution < -0.4 is 5.73 Å². The van der Waals surface area contributed by atoms with E-state index in [2.05, 4.69) is 20.7 Å². The highest BCUT2D eigenvalue weighted by atomic mass is 79.9. The van der Waals surface area contributed by atoms with Gasteiger partial charge in [0.15, 0.2) is 0 Å². The number of carbonyl (C=O) groups is 1. The van der Waals surface area contributed by atoms with Crippen molar-refractivity contribution >= 4 is 27.6 Å². The number of hydrogen-bond acceptors (Lipinski definition) is 3. The molecular weight excluding hydrogens is 246 g/mol. The summed E-state index contributed by atoms with van der Waals surface area (Å²) < 4.78 is 5.38. The molecule has 4 heteroatoms. The van der Waals surface area contributed by atoms with Gasteiger partial charge in [-0.1, -0.05) is 6.92 Å². The topological polar surface area (TPSA) is 52.3 Å². The smallest absolute Gasteiger partial charge is 0.339 e. The molecular formula is C10H12BrNO2. The first-order valence-corrected chi connectivity index (χ1v) is 5.06. The first-order valence-electron chi connectivity index (χ1n) is 4.27. The number of hydrogen-bond donors (Lipinski definition) is 1. The Bertz CT molecular complexity index is 363. The van der Waals surface area contributed by atoms with Gasteiger partial charge in [-0.15, -0.1) is 0 Å². The largest absolute Gasteiger partial charge is 0.465 e. The SMILES string of the molecule is CCc1c(N)ccc(C(=O)OC)c1Br. The summed E-state index contributed by atoms with van der Waals surface area (Å²) in [6, 6.07) is 3.38. The Hall–Kier alpha value is -1.03. The highest BCUT2D eigenvalue weighted by Gasteiger charge is 2.14. The Morgan fingerprint density at radius 2 is 2.21 bits per heavy atom. The zero-order chi connectivity index (χ0) is 10.7. The molecule has 0 atom stereocenters. The number of esters is 1. The van der Waals surface area contributed by atoms with E-state index < -0.39 is 0 Å². The van der Waals surface area contributed by atoms with Gasteiger partial charge in [0, 0.05) is 10.2 Å². The quantitative estimate of drug-likeness (QED) is 0.654. The van der Waals surface area contributed by atoms with Crippen molar-refractivity contribution in [2.45, 2.75) is 13.3 Å². The van der Waals surface area contributed by atoms with Crippen molar-refractivity contribution in [3.05, 3.63) is 27.7 Å². The van der Waals surface area contributed by atoms with E-state index in [4.69, 9.17) is 5.73 Å². The third kappa shape index (κ3) is 1.90. The number of ether oxygens (including phenoxy) is 1. The lowest BCUT2D eigenvalue weighted by molar-refractivity contribution is 0.0599. The molecule has 0 heterocycles. The van der Waals surface area contributed by atoms with E-state index in [1.807, 2.05) is 6.92 Å². The molecule has 0 radical (unpaired) electrons. The van der Waals surface area contributed by atoms with Gasteiger partial charge in [0.05, 0.1) is 12.7 Å². The molecule has 3 nitrogen and oxygen atoms in total. The predicted molar refractivity (Wildman–Crippen MR) is 59.3 cm³/mol. The third-order valence-electron chi connectivity index (χ3n) is 2.04. The number of nitrogens with two attached hydrogens (primary N) is 1. The van der Waals surface area contributed by atoms with Crippen LogP contribution in [0.5, 0.6) is 0 Å². The molecule has 0 aromatic heterocycles. The average molecular weight is 258 g/mol. The minimum atomic E-state index is -0.355. The van der Waals surface area contributed by atoms with E-state index >= 15 is 0 Å². The Labute approximate surface area is 91.4 Å². The minimum absolute atomic E-state index is 0.355. The second kappa shape index (κ2) is 4.46. The second-order valence-electron chi connectivity index (χ2n) is 2.84. The van der Waals surface area contributed by atoms with E-state index in [1.165, 1.54) is 7.11 Å².